The molecule has 0 aliphatic rings. The summed E-state index contributed by atoms with van der Waals surface area (Å²) in [6, 6.07) is 7.85. The second kappa shape index (κ2) is 4.45. The molecule has 0 saturated heterocycles. The van der Waals surface area contributed by atoms with E-state index in [2.05, 4.69) is 29.2 Å². The number of nitrogens with two attached hydrogens (primary N) is 1. The minimum atomic E-state index is -0.316. The molecule has 1 atom stereocenters. The van der Waals surface area contributed by atoms with E-state index in [9.17, 15) is 0 Å². The molecule has 0 saturated carbocycles. The Morgan fingerprint density at radius 3 is 2.50 bits per heavy atom. The average molecular weight is 217 g/mol. The van der Waals surface area contributed by atoms with Gasteiger partial charge in [-0.1, -0.05) is 36.3 Å². The van der Waals surface area contributed by atoms with Crippen LogP contribution in [0, 0.1) is 6.92 Å². The highest BCUT2D eigenvalue weighted by molar-refractivity contribution is 5.28. The van der Waals surface area contributed by atoms with Crippen molar-refractivity contribution >= 4 is 0 Å². The predicted molar refractivity (Wildman–Crippen MR) is 60.9 cm³/mol. The first kappa shape index (κ1) is 10.8. The fraction of sp³-hybridized carbons (Fsp3) is 0.333. The molecule has 16 heavy (non-hydrogen) atoms. The van der Waals surface area contributed by atoms with E-state index in [0.29, 0.717) is 11.7 Å². The van der Waals surface area contributed by atoms with Gasteiger partial charge in [0.05, 0.1) is 6.04 Å². The molecule has 2 rings (SSSR count). The van der Waals surface area contributed by atoms with Crippen molar-refractivity contribution in [1.82, 2.24) is 10.1 Å². The van der Waals surface area contributed by atoms with Gasteiger partial charge in [0.25, 0.3) is 0 Å². The molecule has 84 valence electrons. The van der Waals surface area contributed by atoms with E-state index in [1.807, 2.05) is 12.1 Å². The Balaban J connectivity index is 2.23. The Hall–Kier alpha value is -1.68. The van der Waals surface area contributed by atoms with Crippen LogP contribution in [0.5, 0.6) is 0 Å². The molecule has 1 unspecified atom stereocenters. The standard InChI is InChI=1S/C12H15N3O/c1-3-9-4-6-10(7-5-9)11(13)12-14-8(2)16-15-12/h4-7,11H,3,13H2,1-2H3. The van der Waals surface area contributed by atoms with Crippen LogP contribution in [0.2, 0.25) is 0 Å². The first-order valence-electron chi connectivity index (χ1n) is 5.35. The number of aryl methyl sites for hydroxylation is 2. The molecule has 0 fully saturated rings. The molecule has 0 radical (unpaired) electrons. The highest BCUT2D eigenvalue weighted by Crippen LogP contribution is 2.17. The van der Waals surface area contributed by atoms with Crippen LogP contribution in [0.25, 0.3) is 0 Å². The van der Waals surface area contributed by atoms with Crippen LogP contribution < -0.4 is 5.73 Å². The van der Waals surface area contributed by atoms with E-state index in [4.69, 9.17) is 10.3 Å². The summed E-state index contributed by atoms with van der Waals surface area (Å²) < 4.78 is 4.91. The lowest BCUT2D eigenvalue weighted by atomic mass is 10.0. The Morgan fingerprint density at radius 1 is 1.31 bits per heavy atom. The third-order valence-corrected chi connectivity index (χ3v) is 2.57. The average Bonchev–Trinajstić information content (AvgIpc) is 2.75. The third kappa shape index (κ3) is 2.12. The number of aromatic nitrogens is 2. The van der Waals surface area contributed by atoms with E-state index in [-0.39, 0.29) is 6.04 Å². The molecule has 4 nitrogen and oxygen atoms in total. The molecular weight excluding hydrogens is 202 g/mol. The van der Waals surface area contributed by atoms with E-state index in [0.717, 1.165) is 12.0 Å². The van der Waals surface area contributed by atoms with E-state index < -0.39 is 0 Å². The van der Waals surface area contributed by atoms with Gasteiger partial charge < -0.3 is 10.3 Å². The third-order valence-electron chi connectivity index (χ3n) is 2.57. The summed E-state index contributed by atoms with van der Waals surface area (Å²) in [5.74, 6) is 1.07. The van der Waals surface area contributed by atoms with Crippen molar-refractivity contribution in [1.29, 1.82) is 0 Å². The Kier molecular flexibility index (Phi) is 3.01. The molecule has 0 amide bonds. The molecule has 0 aliphatic heterocycles. The van der Waals surface area contributed by atoms with Gasteiger partial charge in [0, 0.05) is 6.92 Å². The lowest BCUT2D eigenvalue weighted by molar-refractivity contribution is 0.385. The lowest BCUT2D eigenvalue weighted by Crippen LogP contribution is -2.13. The molecule has 4 heteroatoms. The van der Waals surface area contributed by atoms with Crippen molar-refractivity contribution in [2.24, 2.45) is 5.73 Å². The van der Waals surface area contributed by atoms with Gasteiger partial charge in [-0.25, -0.2) is 0 Å². The second-order valence-electron chi connectivity index (χ2n) is 3.74. The molecule has 0 spiro atoms. The summed E-state index contributed by atoms with van der Waals surface area (Å²) >= 11 is 0. The van der Waals surface area contributed by atoms with Crippen LogP contribution in [0.3, 0.4) is 0 Å². The van der Waals surface area contributed by atoms with E-state index in [1.165, 1.54) is 5.56 Å². The zero-order valence-corrected chi connectivity index (χ0v) is 9.47. The largest absolute Gasteiger partial charge is 0.340 e. The molecule has 1 aromatic carbocycles. The van der Waals surface area contributed by atoms with Crippen LogP contribution in [-0.2, 0) is 6.42 Å². The quantitative estimate of drug-likeness (QED) is 0.853. The molecule has 0 bridgehead atoms. The molecule has 1 aromatic heterocycles. The van der Waals surface area contributed by atoms with Crippen molar-refractivity contribution < 1.29 is 4.52 Å². The summed E-state index contributed by atoms with van der Waals surface area (Å²) in [5, 5.41) is 3.82. The van der Waals surface area contributed by atoms with Gasteiger partial charge in [-0.15, -0.1) is 0 Å². The molecule has 2 aromatic rings. The van der Waals surface area contributed by atoms with Crippen molar-refractivity contribution in [3.63, 3.8) is 0 Å². The van der Waals surface area contributed by atoms with Crippen molar-refractivity contribution in [3.05, 3.63) is 47.1 Å². The molecule has 1 heterocycles. The fourth-order valence-electron chi connectivity index (χ4n) is 1.55. The number of rotatable bonds is 3. The van der Waals surface area contributed by atoms with E-state index >= 15 is 0 Å². The number of hydrogen-bond acceptors (Lipinski definition) is 4. The zero-order chi connectivity index (χ0) is 11.5. The van der Waals surface area contributed by atoms with Crippen molar-refractivity contribution in [2.45, 2.75) is 26.3 Å². The molecule has 2 N–H and O–H groups in total. The minimum absolute atomic E-state index is 0.316. The Labute approximate surface area is 94.5 Å². The lowest BCUT2D eigenvalue weighted by Gasteiger charge is -2.07. The molecule has 0 aliphatic carbocycles. The van der Waals surface area contributed by atoms with Gasteiger partial charge in [0.15, 0.2) is 5.82 Å². The van der Waals surface area contributed by atoms with Gasteiger partial charge in [0.1, 0.15) is 0 Å². The zero-order valence-electron chi connectivity index (χ0n) is 9.47. The maximum atomic E-state index is 6.04. The first-order valence-corrected chi connectivity index (χ1v) is 5.35. The smallest absolute Gasteiger partial charge is 0.223 e. The summed E-state index contributed by atoms with van der Waals surface area (Å²) in [6.07, 6.45) is 1.02. The normalized spacial score (nSPS) is 12.7. The van der Waals surface area contributed by atoms with Crippen LogP contribution in [0.1, 0.15) is 35.8 Å². The monoisotopic (exact) mass is 217 g/mol. The number of benzene rings is 1. The maximum Gasteiger partial charge on any atom is 0.223 e. The second-order valence-corrected chi connectivity index (χ2v) is 3.74. The summed E-state index contributed by atoms with van der Waals surface area (Å²) in [5.41, 5.74) is 8.33. The Bertz CT molecular complexity index is 461. The van der Waals surface area contributed by atoms with Gasteiger partial charge >= 0.3 is 0 Å². The molecular formula is C12H15N3O. The highest BCUT2D eigenvalue weighted by atomic mass is 16.5. The minimum Gasteiger partial charge on any atom is -0.340 e. The number of hydrogen-bond donors (Lipinski definition) is 1. The van der Waals surface area contributed by atoms with Gasteiger partial charge in [-0.3, -0.25) is 0 Å². The van der Waals surface area contributed by atoms with Gasteiger partial charge in [-0.2, -0.15) is 4.98 Å². The first-order chi connectivity index (χ1) is 7.70. The highest BCUT2D eigenvalue weighted by Gasteiger charge is 2.14. The van der Waals surface area contributed by atoms with Crippen LogP contribution in [0.4, 0.5) is 0 Å². The van der Waals surface area contributed by atoms with Crippen molar-refractivity contribution in [3.8, 4) is 0 Å². The summed E-state index contributed by atoms with van der Waals surface area (Å²) in [7, 11) is 0. The van der Waals surface area contributed by atoms with Gasteiger partial charge in [0.2, 0.25) is 5.89 Å². The van der Waals surface area contributed by atoms with E-state index in [1.54, 1.807) is 6.92 Å². The maximum absolute atomic E-state index is 6.04. The predicted octanol–water partition coefficient (Wildman–Crippen LogP) is 1.99. The Morgan fingerprint density at radius 2 is 2.00 bits per heavy atom. The summed E-state index contributed by atoms with van der Waals surface area (Å²) in [4.78, 5) is 4.13. The summed E-state index contributed by atoms with van der Waals surface area (Å²) in [6.45, 7) is 3.88. The van der Waals surface area contributed by atoms with Crippen molar-refractivity contribution in [2.75, 3.05) is 0 Å². The number of nitrogens with zero attached hydrogens (tertiary/aromatic N) is 2. The van der Waals surface area contributed by atoms with Crippen LogP contribution >= 0.6 is 0 Å². The fourth-order valence-corrected chi connectivity index (χ4v) is 1.55. The SMILES string of the molecule is CCc1ccc(C(N)c2noc(C)n2)cc1. The van der Waals surface area contributed by atoms with Crippen LogP contribution in [0.15, 0.2) is 28.8 Å². The van der Waals surface area contributed by atoms with Crippen LogP contribution in [-0.4, -0.2) is 10.1 Å². The topological polar surface area (TPSA) is 64.9 Å². The van der Waals surface area contributed by atoms with Gasteiger partial charge in [-0.05, 0) is 17.5 Å².